The zero-order valence-corrected chi connectivity index (χ0v) is 14.1. The highest BCUT2D eigenvalue weighted by molar-refractivity contribution is 4.79. The normalized spacial score (nSPS) is 13.7. The van der Waals surface area contributed by atoms with Crippen molar-refractivity contribution in [2.24, 2.45) is 11.1 Å². The molecule has 0 aromatic heterocycles. The van der Waals surface area contributed by atoms with Crippen LogP contribution in [0.4, 0.5) is 0 Å². The van der Waals surface area contributed by atoms with Gasteiger partial charge >= 0.3 is 0 Å². The summed E-state index contributed by atoms with van der Waals surface area (Å²) in [6.07, 6.45) is 16.5. The molecule has 1 nitrogen and oxygen atoms in total. The lowest BCUT2D eigenvalue weighted by atomic mass is 9.80. The molecule has 0 aromatic carbocycles. The van der Waals surface area contributed by atoms with Gasteiger partial charge in [-0.25, -0.2) is 0 Å². The molecule has 0 fully saturated rings. The Hall–Kier alpha value is -0.0400. The average Bonchev–Trinajstić information content (AvgIpc) is 2.40. The maximum absolute atomic E-state index is 6.27. The molecular weight excluding hydrogens is 230 g/mol. The third kappa shape index (κ3) is 10.4. The van der Waals surface area contributed by atoms with Crippen molar-refractivity contribution in [3.05, 3.63) is 0 Å². The molecule has 0 heterocycles. The van der Waals surface area contributed by atoms with Crippen molar-refractivity contribution in [3.63, 3.8) is 0 Å². The third-order valence-electron chi connectivity index (χ3n) is 4.78. The molecule has 0 radical (unpaired) electrons. The lowest BCUT2D eigenvalue weighted by Crippen LogP contribution is -2.36. The van der Waals surface area contributed by atoms with E-state index < -0.39 is 0 Å². The van der Waals surface area contributed by atoms with E-state index in [9.17, 15) is 0 Å². The van der Waals surface area contributed by atoms with Gasteiger partial charge in [0.25, 0.3) is 0 Å². The van der Waals surface area contributed by atoms with Crippen LogP contribution in [-0.4, -0.2) is 6.04 Å². The zero-order chi connectivity index (χ0) is 14.6. The Morgan fingerprint density at radius 2 is 1.16 bits per heavy atom. The monoisotopic (exact) mass is 269 g/mol. The van der Waals surface area contributed by atoms with Crippen LogP contribution in [-0.2, 0) is 0 Å². The van der Waals surface area contributed by atoms with Crippen molar-refractivity contribution in [1.82, 2.24) is 0 Å². The van der Waals surface area contributed by atoms with Crippen molar-refractivity contribution < 1.29 is 0 Å². The van der Waals surface area contributed by atoms with Crippen molar-refractivity contribution in [3.8, 4) is 0 Å². The highest BCUT2D eigenvalue weighted by Crippen LogP contribution is 2.26. The van der Waals surface area contributed by atoms with Gasteiger partial charge in [-0.2, -0.15) is 0 Å². The van der Waals surface area contributed by atoms with E-state index in [0.717, 1.165) is 0 Å². The van der Waals surface area contributed by atoms with Crippen LogP contribution in [0.1, 0.15) is 105 Å². The Bertz CT molecular complexity index is 186. The fraction of sp³-hybridized carbons (Fsp3) is 1.00. The van der Waals surface area contributed by atoms with E-state index in [4.69, 9.17) is 5.73 Å². The largest absolute Gasteiger partial charge is 0.327 e. The van der Waals surface area contributed by atoms with E-state index in [1.54, 1.807) is 0 Å². The summed E-state index contributed by atoms with van der Waals surface area (Å²) in [5, 5.41) is 0. The minimum atomic E-state index is 0.319. The number of nitrogens with two attached hydrogens (primary N) is 1. The predicted octanol–water partition coefficient (Wildman–Crippen LogP) is 6.06. The first-order chi connectivity index (χ1) is 9.04. The summed E-state index contributed by atoms with van der Waals surface area (Å²) in [6.45, 7) is 9.13. The van der Waals surface area contributed by atoms with Gasteiger partial charge < -0.3 is 5.73 Å². The minimum Gasteiger partial charge on any atom is -0.327 e. The fourth-order valence-electron chi connectivity index (χ4n) is 2.50. The van der Waals surface area contributed by atoms with Gasteiger partial charge in [0.05, 0.1) is 0 Å². The number of hydrogen-bond donors (Lipinski definition) is 1. The summed E-state index contributed by atoms with van der Waals surface area (Å²) >= 11 is 0. The van der Waals surface area contributed by atoms with Gasteiger partial charge in [-0.3, -0.25) is 0 Å². The van der Waals surface area contributed by atoms with Gasteiger partial charge in [-0.1, -0.05) is 91.9 Å². The number of hydrogen-bond acceptors (Lipinski definition) is 1. The van der Waals surface area contributed by atoms with Crippen LogP contribution >= 0.6 is 0 Å². The molecule has 0 saturated heterocycles. The van der Waals surface area contributed by atoms with E-state index in [2.05, 4.69) is 27.7 Å². The third-order valence-corrected chi connectivity index (χ3v) is 4.78. The summed E-state index contributed by atoms with van der Waals surface area (Å²) in [7, 11) is 0. The molecule has 1 heteroatoms. The summed E-state index contributed by atoms with van der Waals surface area (Å²) in [5.41, 5.74) is 6.59. The minimum absolute atomic E-state index is 0.319. The van der Waals surface area contributed by atoms with Crippen LogP contribution in [0.15, 0.2) is 0 Å². The van der Waals surface area contributed by atoms with Crippen LogP contribution in [0.2, 0.25) is 0 Å². The molecule has 0 aliphatic rings. The molecule has 0 saturated carbocycles. The Morgan fingerprint density at radius 3 is 1.58 bits per heavy atom. The van der Waals surface area contributed by atoms with Crippen LogP contribution < -0.4 is 5.73 Å². The van der Waals surface area contributed by atoms with Crippen LogP contribution in [0, 0.1) is 5.41 Å². The van der Waals surface area contributed by atoms with E-state index in [0.29, 0.717) is 11.5 Å². The molecule has 0 rings (SSSR count). The summed E-state index contributed by atoms with van der Waals surface area (Å²) in [4.78, 5) is 0. The molecule has 2 N–H and O–H groups in total. The molecule has 0 bridgehead atoms. The summed E-state index contributed by atoms with van der Waals surface area (Å²) < 4.78 is 0. The van der Waals surface area contributed by atoms with Crippen molar-refractivity contribution in [2.45, 2.75) is 111 Å². The van der Waals surface area contributed by atoms with Gasteiger partial charge in [0.2, 0.25) is 0 Å². The highest BCUT2D eigenvalue weighted by Gasteiger charge is 2.23. The van der Waals surface area contributed by atoms with E-state index >= 15 is 0 Å². The smallest absolute Gasteiger partial charge is 0.00901 e. The Balaban J connectivity index is 3.27. The van der Waals surface area contributed by atoms with Crippen LogP contribution in [0.5, 0.6) is 0 Å². The average molecular weight is 270 g/mol. The quantitative estimate of drug-likeness (QED) is 0.404. The molecule has 0 aliphatic heterocycles. The number of rotatable bonds is 13. The molecule has 19 heavy (non-hydrogen) atoms. The van der Waals surface area contributed by atoms with Crippen LogP contribution in [0.3, 0.4) is 0 Å². The molecular formula is C18H39N. The van der Waals surface area contributed by atoms with Gasteiger partial charge in [0.1, 0.15) is 0 Å². The second-order valence-electron chi connectivity index (χ2n) is 6.92. The van der Waals surface area contributed by atoms with Crippen molar-refractivity contribution in [2.75, 3.05) is 0 Å². The Morgan fingerprint density at radius 1 is 0.737 bits per heavy atom. The molecule has 116 valence electrons. The second-order valence-corrected chi connectivity index (χ2v) is 6.92. The van der Waals surface area contributed by atoms with E-state index in [1.807, 2.05) is 0 Å². The first kappa shape index (κ1) is 19.0. The van der Waals surface area contributed by atoms with Crippen molar-refractivity contribution >= 4 is 0 Å². The summed E-state index contributed by atoms with van der Waals surface area (Å²) in [6, 6.07) is 0.381. The molecule has 1 unspecified atom stereocenters. The maximum atomic E-state index is 6.27. The summed E-state index contributed by atoms with van der Waals surface area (Å²) in [5.74, 6) is 0. The molecule has 0 aliphatic carbocycles. The Kier molecular flexibility index (Phi) is 11.7. The number of unbranched alkanes of at least 4 members (excludes halogenated alkanes) is 9. The van der Waals surface area contributed by atoms with E-state index in [-0.39, 0.29) is 0 Å². The molecule has 1 atom stereocenters. The lowest BCUT2D eigenvalue weighted by Gasteiger charge is -2.30. The lowest BCUT2D eigenvalue weighted by molar-refractivity contribution is 0.257. The SMILES string of the molecule is CCCCCCCCCCCCC(N)C(C)(C)CC. The van der Waals surface area contributed by atoms with Gasteiger partial charge in [-0.05, 0) is 18.3 Å². The fourth-order valence-corrected chi connectivity index (χ4v) is 2.50. The zero-order valence-electron chi connectivity index (χ0n) is 14.1. The highest BCUT2D eigenvalue weighted by atomic mass is 14.7. The Labute approximate surface area is 122 Å². The van der Waals surface area contributed by atoms with E-state index in [1.165, 1.54) is 77.0 Å². The standard InChI is InChI=1S/C18H39N/c1-5-7-8-9-10-11-12-13-14-15-16-17(19)18(3,4)6-2/h17H,5-16,19H2,1-4H3. The topological polar surface area (TPSA) is 26.0 Å². The molecule has 0 spiro atoms. The van der Waals surface area contributed by atoms with Gasteiger partial charge in [0, 0.05) is 6.04 Å². The van der Waals surface area contributed by atoms with Crippen molar-refractivity contribution in [1.29, 1.82) is 0 Å². The van der Waals surface area contributed by atoms with Gasteiger partial charge in [0.15, 0.2) is 0 Å². The predicted molar refractivity (Wildman–Crippen MR) is 88.5 cm³/mol. The molecule has 0 amide bonds. The second kappa shape index (κ2) is 11.8. The first-order valence-corrected chi connectivity index (χ1v) is 8.80. The van der Waals surface area contributed by atoms with Gasteiger partial charge in [-0.15, -0.1) is 0 Å². The molecule has 0 aromatic rings. The first-order valence-electron chi connectivity index (χ1n) is 8.80. The van der Waals surface area contributed by atoms with Crippen LogP contribution in [0.25, 0.3) is 0 Å². The maximum Gasteiger partial charge on any atom is 0.00901 e.